The highest BCUT2D eigenvalue weighted by Crippen LogP contribution is 1.97. The summed E-state index contributed by atoms with van der Waals surface area (Å²) in [4.78, 5) is 0. The number of hydrogen-bond acceptors (Lipinski definition) is 2. The molecule has 0 fully saturated rings. The SMILES string of the molecule is C#CCC(CC)NS(=O)(=O)NCC. The van der Waals surface area contributed by atoms with E-state index in [4.69, 9.17) is 6.42 Å². The number of terminal acetylenes is 1. The molecule has 0 bridgehead atoms. The Morgan fingerprint density at radius 1 is 1.46 bits per heavy atom. The van der Waals surface area contributed by atoms with Crippen LogP contribution in [0.3, 0.4) is 0 Å². The molecule has 4 nitrogen and oxygen atoms in total. The molecule has 0 saturated heterocycles. The highest BCUT2D eigenvalue weighted by Gasteiger charge is 2.13. The van der Waals surface area contributed by atoms with Crippen LogP contribution in [0.2, 0.25) is 0 Å². The standard InChI is InChI=1S/C8H16N2O2S/c1-4-7-8(5-2)10-13(11,12)9-6-3/h1,8-10H,5-7H2,2-3H3. The zero-order chi connectivity index (χ0) is 10.3. The van der Waals surface area contributed by atoms with Crippen LogP contribution >= 0.6 is 0 Å². The molecule has 0 aromatic rings. The Hall–Kier alpha value is -0.570. The molecule has 0 aromatic heterocycles. The zero-order valence-corrected chi connectivity index (χ0v) is 8.82. The largest absolute Gasteiger partial charge is 0.277 e. The van der Waals surface area contributed by atoms with E-state index >= 15 is 0 Å². The second-order valence-corrected chi connectivity index (χ2v) is 4.16. The first-order chi connectivity index (χ1) is 6.05. The molecule has 0 aromatic carbocycles. The molecule has 0 radical (unpaired) electrons. The van der Waals surface area contributed by atoms with Gasteiger partial charge in [0, 0.05) is 19.0 Å². The molecule has 0 amide bonds. The van der Waals surface area contributed by atoms with Crippen LogP contribution in [0.25, 0.3) is 0 Å². The molecule has 76 valence electrons. The first-order valence-electron chi connectivity index (χ1n) is 4.26. The predicted molar refractivity (Wildman–Crippen MR) is 53.3 cm³/mol. The summed E-state index contributed by atoms with van der Waals surface area (Å²) in [6, 6.07) is -0.172. The van der Waals surface area contributed by atoms with Gasteiger partial charge in [-0.3, -0.25) is 0 Å². The Labute approximate surface area is 80.3 Å². The van der Waals surface area contributed by atoms with Crippen LogP contribution in [0.15, 0.2) is 0 Å². The second-order valence-electron chi connectivity index (χ2n) is 2.63. The average molecular weight is 204 g/mol. The monoisotopic (exact) mass is 204 g/mol. The quantitative estimate of drug-likeness (QED) is 0.609. The van der Waals surface area contributed by atoms with E-state index in [0.29, 0.717) is 19.4 Å². The summed E-state index contributed by atoms with van der Waals surface area (Å²) in [6.07, 6.45) is 6.20. The van der Waals surface area contributed by atoms with Crippen molar-refractivity contribution in [3.05, 3.63) is 0 Å². The van der Waals surface area contributed by atoms with Gasteiger partial charge >= 0.3 is 0 Å². The van der Waals surface area contributed by atoms with Crippen LogP contribution in [0.1, 0.15) is 26.7 Å². The molecular formula is C8H16N2O2S. The van der Waals surface area contributed by atoms with Crippen LogP contribution in [0.4, 0.5) is 0 Å². The maximum absolute atomic E-state index is 11.2. The van der Waals surface area contributed by atoms with Crippen molar-refractivity contribution in [1.29, 1.82) is 0 Å². The first kappa shape index (κ1) is 12.4. The fraction of sp³-hybridized carbons (Fsp3) is 0.750. The lowest BCUT2D eigenvalue weighted by Gasteiger charge is -2.14. The van der Waals surface area contributed by atoms with Crippen LogP contribution < -0.4 is 9.44 Å². The van der Waals surface area contributed by atoms with E-state index < -0.39 is 10.2 Å². The summed E-state index contributed by atoms with van der Waals surface area (Å²) in [5.41, 5.74) is 0. The molecule has 0 spiro atoms. The molecule has 5 heteroatoms. The van der Waals surface area contributed by atoms with E-state index in [-0.39, 0.29) is 6.04 Å². The number of rotatable bonds is 6. The fourth-order valence-corrected chi connectivity index (χ4v) is 2.01. The van der Waals surface area contributed by atoms with Crippen LogP contribution in [-0.2, 0) is 10.2 Å². The second kappa shape index (κ2) is 5.97. The predicted octanol–water partition coefficient (Wildman–Crippen LogP) is 0.232. The molecule has 0 heterocycles. The molecule has 0 aliphatic heterocycles. The maximum Gasteiger partial charge on any atom is 0.277 e. The summed E-state index contributed by atoms with van der Waals surface area (Å²) in [7, 11) is -3.36. The number of nitrogens with one attached hydrogen (secondary N) is 2. The lowest BCUT2D eigenvalue weighted by atomic mass is 10.2. The summed E-state index contributed by atoms with van der Waals surface area (Å²) < 4.78 is 27.2. The lowest BCUT2D eigenvalue weighted by Crippen LogP contribution is -2.42. The molecule has 0 rings (SSSR count). The Bertz CT molecular complexity index is 266. The summed E-state index contributed by atoms with van der Waals surface area (Å²) in [5.74, 6) is 2.43. The van der Waals surface area contributed by atoms with Crippen molar-refractivity contribution in [2.24, 2.45) is 0 Å². The van der Waals surface area contributed by atoms with E-state index in [1.807, 2.05) is 6.92 Å². The van der Waals surface area contributed by atoms with E-state index in [9.17, 15) is 8.42 Å². The molecule has 0 aliphatic carbocycles. The third-order valence-electron chi connectivity index (χ3n) is 1.51. The van der Waals surface area contributed by atoms with Crippen LogP contribution in [0, 0.1) is 12.3 Å². The minimum Gasteiger partial charge on any atom is -0.203 e. The van der Waals surface area contributed by atoms with E-state index in [0.717, 1.165) is 0 Å². The Kier molecular flexibility index (Phi) is 5.71. The Balaban J connectivity index is 4.16. The first-order valence-corrected chi connectivity index (χ1v) is 5.74. The van der Waals surface area contributed by atoms with Gasteiger partial charge in [0.2, 0.25) is 0 Å². The summed E-state index contributed by atoms with van der Waals surface area (Å²) >= 11 is 0. The highest BCUT2D eigenvalue weighted by atomic mass is 32.2. The van der Waals surface area contributed by atoms with Crippen molar-refractivity contribution in [3.63, 3.8) is 0 Å². The minimum absolute atomic E-state index is 0.172. The van der Waals surface area contributed by atoms with Crippen molar-refractivity contribution >= 4 is 10.2 Å². The van der Waals surface area contributed by atoms with Crippen LogP contribution in [0.5, 0.6) is 0 Å². The van der Waals surface area contributed by atoms with Crippen molar-refractivity contribution < 1.29 is 8.42 Å². The van der Waals surface area contributed by atoms with Gasteiger partial charge in [0.1, 0.15) is 0 Å². The maximum atomic E-state index is 11.2. The minimum atomic E-state index is -3.36. The van der Waals surface area contributed by atoms with Gasteiger partial charge in [-0.2, -0.15) is 13.1 Å². The Morgan fingerprint density at radius 3 is 2.46 bits per heavy atom. The molecular weight excluding hydrogens is 188 g/mol. The van der Waals surface area contributed by atoms with Gasteiger partial charge in [-0.25, -0.2) is 4.72 Å². The molecule has 2 N–H and O–H groups in total. The van der Waals surface area contributed by atoms with Crippen molar-refractivity contribution in [2.75, 3.05) is 6.54 Å². The molecule has 1 atom stereocenters. The normalized spacial score (nSPS) is 13.6. The molecule has 0 aliphatic rings. The van der Waals surface area contributed by atoms with E-state index in [1.165, 1.54) is 0 Å². The van der Waals surface area contributed by atoms with Gasteiger partial charge in [-0.05, 0) is 6.42 Å². The van der Waals surface area contributed by atoms with Crippen molar-refractivity contribution in [2.45, 2.75) is 32.7 Å². The average Bonchev–Trinajstić information content (AvgIpc) is 2.03. The van der Waals surface area contributed by atoms with Gasteiger partial charge in [-0.1, -0.05) is 13.8 Å². The highest BCUT2D eigenvalue weighted by molar-refractivity contribution is 7.87. The van der Waals surface area contributed by atoms with Gasteiger partial charge in [0.05, 0.1) is 0 Å². The third kappa shape index (κ3) is 5.64. The summed E-state index contributed by atoms with van der Waals surface area (Å²) in [6.45, 7) is 3.99. The Morgan fingerprint density at radius 2 is 2.08 bits per heavy atom. The van der Waals surface area contributed by atoms with Crippen LogP contribution in [-0.4, -0.2) is 21.0 Å². The lowest BCUT2D eigenvalue weighted by molar-refractivity contribution is 0.533. The smallest absolute Gasteiger partial charge is 0.203 e. The summed E-state index contributed by atoms with van der Waals surface area (Å²) in [5, 5.41) is 0. The van der Waals surface area contributed by atoms with Gasteiger partial charge in [0.25, 0.3) is 10.2 Å². The molecule has 0 saturated carbocycles. The molecule has 13 heavy (non-hydrogen) atoms. The van der Waals surface area contributed by atoms with Crippen molar-refractivity contribution in [1.82, 2.24) is 9.44 Å². The number of hydrogen-bond donors (Lipinski definition) is 2. The molecule has 1 unspecified atom stereocenters. The van der Waals surface area contributed by atoms with Gasteiger partial charge in [0.15, 0.2) is 0 Å². The topological polar surface area (TPSA) is 58.2 Å². The van der Waals surface area contributed by atoms with Crippen molar-refractivity contribution in [3.8, 4) is 12.3 Å². The van der Waals surface area contributed by atoms with E-state index in [1.54, 1.807) is 6.92 Å². The third-order valence-corrected chi connectivity index (χ3v) is 2.83. The van der Waals surface area contributed by atoms with E-state index in [2.05, 4.69) is 15.4 Å². The van der Waals surface area contributed by atoms with Gasteiger partial charge < -0.3 is 0 Å². The zero-order valence-electron chi connectivity index (χ0n) is 8.00. The van der Waals surface area contributed by atoms with Gasteiger partial charge in [-0.15, -0.1) is 12.3 Å². The fourth-order valence-electron chi connectivity index (χ4n) is 0.863.